The van der Waals surface area contributed by atoms with E-state index in [0.29, 0.717) is 24.6 Å². The normalized spacial score (nSPS) is 16.2. The zero-order chi connectivity index (χ0) is 16.8. The molecule has 128 valence electrons. The second-order valence-corrected chi connectivity index (χ2v) is 6.02. The van der Waals surface area contributed by atoms with Crippen LogP contribution < -0.4 is 5.32 Å². The van der Waals surface area contributed by atoms with Crippen molar-refractivity contribution in [1.29, 1.82) is 0 Å². The summed E-state index contributed by atoms with van der Waals surface area (Å²) in [6.45, 7) is 5.36. The van der Waals surface area contributed by atoms with Crippen LogP contribution in [0.3, 0.4) is 0 Å². The molecule has 1 N–H and O–H groups in total. The molecule has 1 saturated heterocycles. The first-order valence-corrected chi connectivity index (χ1v) is 8.49. The molecule has 0 radical (unpaired) electrons. The lowest BCUT2D eigenvalue weighted by molar-refractivity contribution is -0.122. The maximum Gasteiger partial charge on any atom is 0.227 e. The fourth-order valence-corrected chi connectivity index (χ4v) is 2.89. The lowest BCUT2D eigenvalue weighted by Gasteiger charge is -2.31. The van der Waals surface area contributed by atoms with Crippen molar-refractivity contribution in [3.05, 3.63) is 30.4 Å². The molecule has 1 amide bonds. The number of piperidine rings is 1. The van der Waals surface area contributed by atoms with Gasteiger partial charge < -0.3 is 14.7 Å². The number of likely N-dealkylation sites (tertiary alicyclic amines) is 1. The predicted molar refractivity (Wildman–Crippen MR) is 89.1 cm³/mol. The van der Waals surface area contributed by atoms with Gasteiger partial charge in [-0.15, -0.1) is 0 Å². The van der Waals surface area contributed by atoms with Gasteiger partial charge in [-0.05, 0) is 31.5 Å². The third kappa shape index (κ3) is 4.38. The Balaban J connectivity index is 1.44. The standard InChI is InChI=1S/C17H23N5O2/c1-2-22-11-7-14(8-12-22)19-15(23)3-4-16-20-17(21-24-16)13-5-9-18-10-6-13/h5-6,9-10,14H,2-4,7-8,11-12H2,1H3,(H,19,23). The third-order valence-corrected chi connectivity index (χ3v) is 4.37. The summed E-state index contributed by atoms with van der Waals surface area (Å²) >= 11 is 0. The number of pyridine rings is 1. The van der Waals surface area contributed by atoms with Crippen LogP contribution >= 0.6 is 0 Å². The van der Waals surface area contributed by atoms with E-state index < -0.39 is 0 Å². The molecule has 0 bridgehead atoms. The van der Waals surface area contributed by atoms with Gasteiger partial charge in [0.2, 0.25) is 17.6 Å². The fraction of sp³-hybridized carbons (Fsp3) is 0.529. The second-order valence-electron chi connectivity index (χ2n) is 6.02. The third-order valence-electron chi connectivity index (χ3n) is 4.37. The van der Waals surface area contributed by atoms with Crippen LogP contribution in [0.15, 0.2) is 29.0 Å². The van der Waals surface area contributed by atoms with E-state index in [2.05, 4.69) is 32.3 Å². The van der Waals surface area contributed by atoms with Gasteiger partial charge in [-0.2, -0.15) is 4.98 Å². The number of hydrogen-bond donors (Lipinski definition) is 1. The minimum atomic E-state index is 0.0496. The Morgan fingerprint density at radius 3 is 2.79 bits per heavy atom. The van der Waals surface area contributed by atoms with E-state index in [9.17, 15) is 4.79 Å². The van der Waals surface area contributed by atoms with Crippen LogP contribution in [-0.4, -0.2) is 51.6 Å². The van der Waals surface area contributed by atoms with Crippen LogP contribution in [0.4, 0.5) is 0 Å². The Morgan fingerprint density at radius 1 is 1.33 bits per heavy atom. The van der Waals surface area contributed by atoms with E-state index in [1.54, 1.807) is 12.4 Å². The fourth-order valence-electron chi connectivity index (χ4n) is 2.89. The highest BCUT2D eigenvalue weighted by Gasteiger charge is 2.20. The summed E-state index contributed by atoms with van der Waals surface area (Å²) < 4.78 is 5.22. The molecule has 2 aromatic heterocycles. The number of amides is 1. The first-order chi connectivity index (χ1) is 11.7. The number of carbonyl (C=O) groups is 1. The molecule has 3 heterocycles. The monoisotopic (exact) mass is 329 g/mol. The Labute approximate surface area is 141 Å². The van der Waals surface area contributed by atoms with E-state index in [4.69, 9.17) is 4.52 Å². The Morgan fingerprint density at radius 2 is 2.08 bits per heavy atom. The van der Waals surface area contributed by atoms with Crippen molar-refractivity contribution < 1.29 is 9.32 Å². The van der Waals surface area contributed by atoms with Crippen molar-refractivity contribution in [2.24, 2.45) is 0 Å². The summed E-state index contributed by atoms with van der Waals surface area (Å²) in [7, 11) is 0. The zero-order valence-corrected chi connectivity index (χ0v) is 13.9. The molecule has 1 aliphatic rings. The quantitative estimate of drug-likeness (QED) is 0.868. The highest BCUT2D eigenvalue weighted by Crippen LogP contribution is 2.15. The zero-order valence-electron chi connectivity index (χ0n) is 13.9. The van der Waals surface area contributed by atoms with Gasteiger partial charge in [-0.1, -0.05) is 12.1 Å². The predicted octanol–water partition coefficient (Wildman–Crippen LogP) is 1.66. The van der Waals surface area contributed by atoms with Crippen LogP contribution in [0.5, 0.6) is 0 Å². The Hall–Kier alpha value is -2.28. The molecule has 0 spiro atoms. The minimum absolute atomic E-state index is 0.0496. The second kappa shape index (κ2) is 8.01. The average molecular weight is 329 g/mol. The van der Waals surface area contributed by atoms with E-state index in [1.807, 2.05) is 12.1 Å². The molecule has 0 unspecified atom stereocenters. The first-order valence-electron chi connectivity index (χ1n) is 8.49. The SMILES string of the molecule is CCN1CCC(NC(=O)CCc2nc(-c3ccncc3)no2)CC1. The lowest BCUT2D eigenvalue weighted by atomic mass is 10.0. The van der Waals surface area contributed by atoms with E-state index in [0.717, 1.165) is 38.0 Å². The van der Waals surface area contributed by atoms with E-state index in [-0.39, 0.29) is 11.9 Å². The van der Waals surface area contributed by atoms with Gasteiger partial charge in [0.15, 0.2) is 0 Å². The summed E-state index contributed by atoms with van der Waals surface area (Å²) in [5.41, 5.74) is 0.854. The van der Waals surface area contributed by atoms with Crippen molar-refractivity contribution in [3.8, 4) is 11.4 Å². The van der Waals surface area contributed by atoms with Crippen LogP contribution in [0, 0.1) is 0 Å². The maximum absolute atomic E-state index is 12.1. The minimum Gasteiger partial charge on any atom is -0.353 e. The summed E-state index contributed by atoms with van der Waals surface area (Å²) in [5, 5.41) is 7.06. The summed E-state index contributed by atoms with van der Waals surface area (Å²) in [5.74, 6) is 1.06. The lowest BCUT2D eigenvalue weighted by Crippen LogP contribution is -2.44. The van der Waals surface area contributed by atoms with Gasteiger partial charge in [-0.3, -0.25) is 9.78 Å². The Bertz CT molecular complexity index is 650. The number of aryl methyl sites for hydroxylation is 1. The molecule has 7 heteroatoms. The highest BCUT2D eigenvalue weighted by molar-refractivity contribution is 5.76. The number of hydrogen-bond acceptors (Lipinski definition) is 6. The van der Waals surface area contributed by atoms with E-state index >= 15 is 0 Å². The summed E-state index contributed by atoms with van der Waals surface area (Å²) in [4.78, 5) is 22.8. The Kier molecular flexibility index (Phi) is 5.53. The van der Waals surface area contributed by atoms with Gasteiger partial charge in [-0.25, -0.2) is 0 Å². The number of aromatic nitrogens is 3. The topological polar surface area (TPSA) is 84.2 Å². The first kappa shape index (κ1) is 16.6. The molecule has 1 aliphatic heterocycles. The van der Waals surface area contributed by atoms with E-state index in [1.165, 1.54) is 0 Å². The summed E-state index contributed by atoms with van der Waals surface area (Å²) in [6.07, 6.45) is 6.23. The van der Waals surface area contributed by atoms with Crippen molar-refractivity contribution >= 4 is 5.91 Å². The number of nitrogens with zero attached hydrogens (tertiary/aromatic N) is 4. The number of nitrogens with one attached hydrogen (secondary N) is 1. The summed E-state index contributed by atoms with van der Waals surface area (Å²) in [6, 6.07) is 3.93. The van der Waals surface area contributed by atoms with Crippen molar-refractivity contribution in [3.63, 3.8) is 0 Å². The van der Waals surface area contributed by atoms with Crippen LogP contribution in [0.1, 0.15) is 32.1 Å². The van der Waals surface area contributed by atoms with Gasteiger partial charge in [0.25, 0.3) is 0 Å². The number of carbonyl (C=O) groups excluding carboxylic acids is 1. The van der Waals surface area contributed by atoms with Crippen molar-refractivity contribution in [2.75, 3.05) is 19.6 Å². The van der Waals surface area contributed by atoms with Gasteiger partial charge in [0.05, 0.1) is 0 Å². The molecule has 0 aliphatic carbocycles. The van der Waals surface area contributed by atoms with Crippen molar-refractivity contribution in [2.45, 2.75) is 38.6 Å². The van der Waals surface area contributed by atoms with Crippen molar-refractivity contribution in [1.82, 2.24) is 25.3 Å². The largest absolute Gasteiger partial charge is 0.353 e. The molecular formula is C17H23N5O2. The molecule has 0 saturated carbocycles. The molecule has 3 rings (SSSR count). The smallest absolute Gasteiger partial charge is 0.227 e. The van der Waals surface area contributed by atoms with Crippen LogP contribution in [-0.2, 0) is 11.2 Å². The van der Waals surface area contributed by atoms with Gasteiger partial charge in [0.1, 0.15) is 0 Å². The maximum atomic E-state index is 12.1. The van der Waals surface area contributed by atoms with Gasteiger partial charge >= 0.3 is 0 Å². The molecule has 0 aromatic carbocycles. The molecule has 7 nitrogen and oxygen atoms in total. The van der Waals surface area contributed by atoms with Gasteiger partial charge in [0, 0.05) is 49.9 Å². The van der Waals surface area contributed by atoms with Crippen LogP contribution in [0.25, 0.3) is 11.4 Å². The highest BCUT2D eigenvalue weighted by atomic mass is 16.5. The molecule has 2 aromatic rings. The average Bonchev–Trinajstić information content (AvgIpc) is 3.10. The molecular weight excluding hydrogens is 306 g/mol. The molecule has 24 heavy (non-hydrogen) atoms. The molecule has 1 fully saturated rings. The number of rotatable bonds is 6. The molecule has 0 atom stereocenters. The van der Waals surface area contributed by atoms with Crippen LogP contribution in [0.2, 0.25) is 0 Å².